The van der Waals surface area contributed by atoms with Crippen LogP contribution in [-0.4, -0.2) is 31.0 Å². The summed E-state index contributed by atoms with van der Waals surface area (Å²) in [7, 11) is 1.69. The van der Waals surface area contributed by atoms with Crippen LogP contribution in [-0.2, 0) is 6.42 Å². The summed E-state index contributed by atoms with van der Waals surface area (Å²) < 4.78 is 11.5. The number of aliphatic hydroxyl groups excluding tert-OH is 1. The number of aliphatic hydroxyl groups is 1. The van der Waals surface area contributed by atoms with E-state index in [0.717, 1.165) is 48.3 Å². The number of aryl methyl sites for hydroxylation is 1. The van der Waals surface area contributed by atoms with E-state index in [1.54, 1.807) is 7.11 Å². The summed E-state index contributed by atoms with van der Waals surface area (Å²) in [6.45, 7) is 11.8. The van der Waals surface area contributed by atoms with Crippen molar-refractivity contribution in [3.05, 3.63) is 23.8 Å². The Morgan fingerprint density at radius 3 is 2.30 bits per heavy atom. The van der Waals surface area contributed by atoms with Gasteiger partial charge in [0, 0.05) is 11.6 Å². The molecule has 1 aromatic rings. The molecule has 30 heavy (non-hydrogen) atoms. The van der Waals surface area contributed by atoms with Crippen molar-refractivity contribution >= 4 is 0 Å². The number of hydrogen-bond acceptors (Lipinski definition) is 4. The fourth-order valence-corrected chi connectivity index (χ4v) is 3.74. The Balaban J connectivity index is 2.41. The second-order valence-corrected chi connectivity index (χ2v) is 9.79. The van der Waals surface area contributed by atoms with E-state index in [0.29, 0.717) is 6.42 Å². The van der Waals surface area contributed by atoms with Crippen molar-refractivity contribution in [2.24, 2.45) is 23.5 Å². The van der Waals surface area contributed by atoms with E-state index in [4.69, 9.17) is 15.2 Å². The average molecular weight is 422 g/mol. The molecule has 4 nitrogen and oxygen atoms in total. The Hall–Kier alpha value is -1.26. The van der Waals surface area contributed by atoms with Gasteiger partial charge in [0.05, 0.1) is 20.3 Å². The van der Waals surface area contributed by atoms with Crippen LogP contribution in [0, 0.1) is 17.8 Å². The Bertz CT molecular complexity index is 588. The molecule has 0 aromatic heterocycles. The molecule has 0 aliphatic carbocycles. The van der Waals surface area contributed by atoms with Crippen molar-refractivity contribution in [1.29, 1.82) is 0 Å². The standard InChI is InChI=1S/C26H47NO3/c1-20(2)10-9-12-22(5)11-7-8-17-30-24-14-13-23(25(18-24)29-6)15-16-26(27,19-28)21(3)4/h13-14,18,20-22,28H,7-12,15-17,19,27H2,1-6H3/t22?,26-/m1/s1. The predicted molar refractivity (Wildman–Crippen MR) is 127 cm³/mol. The van der Waals surface area contributed by atoms with Gasteiger partial charge in [0.25, 0.3) is 0 Å². The van der Waals surface area contributed by atoms with E-state index in [1.807, 2.05) is 12.1 Å². The van der Waals surface area contributed by atoms with Crippen molar-refractivity contribution in [3.8, 4) is 11.5 Å². The Morgan fingerprint density at radius 2 is 1.70 bits per heavy atom. The minimum atomic E-state index is -0.563. The monoisotopic (exact) mass is 421 g/mol. The van der Waals surface area contributed by atoms with Gasteiger partial charge < -0.3 is 20.3 Å². The van der Waals surface area contributed by atoms with Crippen molar-refractivity contribution in [3.63, 3.8) is 0 Å². The summed E-state index contributed by atoms with van der Waals surface area (Å²) in [5.74, 6) is 3.52. The molecule has 174 valence electrons. The second-order valence-electron chi connectivity index (χ2n) is 9.79. The molecule has 3 N–H and O–H groups in total. The summed E-state index contributed by atoms with van der Waals surface area (Å²) in [6, 6.07) is 6.04. The third-order valence-electron chi connectivity index (χ3n) is 6.40. The fraction of sp³-hybridized carbons (Fsp3) is 0.769. The maximum Gasteiger partial charge on any atom is 0.125 e. The van der Waals surface area contributed by atoms with Crippen LogP contribution in [0.5, 0.6) is 11.5 Å². The third-order valence-corrected chi connectivity index (χ3v) is 6.40. The second kappa shape index (κ2) is 13.9. The molecule has 0 amide bonds. The van der Waals surface area contributed by atoms with Crippen LogP contribution in [0.3, 0.4) is 0 Å². The Morgan fingerprint density at radius 1 is 1.00 bits per heavy atom. The lowest BCUT2D eigenvalue weighted by Crippen LogP contribution is -2.48. The number of unbranched alkanes of at least 4 members (excludes halogenated alkanes) is 1. The summed E-state index contributed by atoms with van der Waals surface area (Å²) in [5, 5.41) is 9.67. The third kappa shape index (κ3) is 9.70. The Kier molecular flexibility index (Phi) is 12.4. The molecular formula is C26H47NO3. The van der Waals surface area contributed by atoms with Crippen LogP contribution in [0.25, 0.3) is 0 Å². The number of benzene rings is 1. The highest BCUT2D eigenvalue weighted by molar-refractivity contribution is 5.41. The van der Waals surface area contributed by atoms with Crippen molar-refractivity contribution < 1.29 is 14.6 Å². The van der Waals surface area contributed by atoms with Gasteiger partial charge in [0.2, 0.25) is 0 Å². The lowest BCUT2D eigenvalue weighted by Gasteiger charge is -2.31. The van der Waals surface area contributed by atoms with Crippen LogP contribution in [0.4, 0.5) is 0 Å². The summed E-state index contributed by atoms with van der Waals surface area (Å²) in [6.07, 6.45) is 9.10. The van der Waals surface area contributed by atoms with Gasteiger partial charge in [-0.3, -0.25) is 0 Å². The smallest absolute Gasteiger partial charge is 0.125 e. The van der Waals surface area contributed by atoms with E-state index in [9.17, 15) is 5.11 Å². The van der Waals surface area contributed by atoms with Gasteiger partial charge in [-0.05, 0) is 55.1 Å². The molecule has 0 bridgehead atoms. The largest absolute Gasteiger partial charge is 0.496 e. The number of nitrogens with two attached hydrogens (primary N) is 1. The first-order valence-electron chi connectivity index (χ1n) is 11.9. The molecule has 0 aliphatic rings. The topological polar surface area (TPSA) is 64.7 Å². The molecule has 1 unspecified atom stereocenters. The first-order chi connectivity index (χ1) is 14.2. The van der Waals surface area contributed by atoms with Gasteiger partial charge in [-0.2, -0.15) is 0 Å². The average Bonchev–Trinajstić information content (AvgIpc) is 2.71. The van der Waals surface area contributed by atoms with Gasteiger partial charge in [0.1, 0.15) is 11.5 Å². The SMILES string of the molecule is COc1cc(OCCCCC(C)CCCC(C)C)ccc1CC[C@@](N)(CO)C(C)C. The van der Waals surface area contributed by atoms with Crippen molar-refractivity contribution in [2.75, 3.05) is 20.3 Å². The molecule has 0 spiro atoms. The quantitative estimate of drug-likeness (QED) is 0.322. The zero-order chi connectivity index (χ0) is 22.6. The van der Waals surface area contributed by atoms with Gasteiger partial charge in [-0.15, -0.1) is 0 Å². The van der Waals surface area contributed by atoms with Gasteiger partial charge in [-0.1, -0.05) is 66.4 Å². The van der Waals surface area contributed by atoms with Gasteiger partial charge in [-0.25, -0.2) is 0 Å². The van der Waals surface area contributed by atoms with E-state index in [-0.39, 0.29) is 12.5 Å². The van der Waals surface area contributed by atoms with Crippen LogP contribution < -0.4 is 15.2 Å². The maximum absolute atomic E-state index is 9.67. The molecule has 0 saturated carbocycles. The van der Waals surface area contributed by atoms with Crippen molar-refractivity contribution in [2.45, 2.75) is 91.5 Å². The minimum absolute atomic E-state index is 0.00940. The van der Waals surface area contributed by atoms with E-state index in [1.165, 1.54) is 32.1 Å². The molecule has 0 heterocycles. The number of rotatable bonds is 16. The highest BCUT2D eigenvalue weighted by Gasteiger charge is 2.28. The van der Waals surface area contributed by atoms with E-state index >= 15 is 0 Å². The van der Waals surface area contributed by atoms with Crippen LogP contribution in [0.15, 0.2) is 18.2 Å². The molecular weight excluding hydrogens is 374 g/mol. The number of hydrogen-bond donors (Lipinski definition) is 2. The van der Waals surface area contributed by atoms with Gasteiger partial charge in [0.15, 0.2) is 0 Å². The van der Waals surface area contributed by atoms with Crippen LogP contribution in [0.2, 0.25) is 0 Å². The molecule has 0 fully saturated rings. The minimum Gasteiger partial charge on any atom is -0.496 e. The molecule has 0 saturated heterocycles. The predicted octanol–water partition coefficient (Wildman–Crippen LogP) is 5.99. The van der Waals surface area contributed by atoms with E-state index < -0.39 is 5.54 Å². The van der Waals surface area contributed by atoms with Crippen LogP contribution in [0.1, 0.15) is 85.1 Å². The molecule has 0 radical (unpaired) electrons. The lowest BCUT2D eigenvalue weighted by molar-refractivity contribution is 0.146. The normalized spacial score (nSPS) is 14.7. The molecule has 0 aliphatic heterocycles. The zero-order valence-electron chi connectivity index (χ0n) is 20.4. The fourth-order valence-electron chi connectivity index (χ4n) is 3.74. The summed E-state index contributed by atoms with van der Waals surface area (Å²) in [4.78, 5) is 0. The highest BCUT2D eigenvalue weighted by Crippen LogP contribution is 2.29. The zero-order valence-corrected chi connectivity index (χ0v) is 20.4. The molecule has 1 rings (SSSR count). The maximum atomic E-state index is 9.67. The first kappa shape index (κ1) is 26.8. The summed E-state index contributed by atoms with van der Waals surface area (Å²) in [5.41, 5.74) is 6.89. The lowest BCUT2D eigenvalue weighted by atomic mass is 9.83. The number of methoxy groups -OCH3 is 1. The Labute approximate surface area is 185 Å². The van der Waals surface area contributed by atoms with Gasteiger partial charge >= 0.3 is 0 Å². The molecule has 4 heteroatoms. The highest BCUT2D eigenvalue weighted by atomic mass is 16.5. The van der Waals surface area contributed by atoms with E-state index in [2.05, 4.69) is 40.7 Å². The number of ether oxygens (including phenoxy) is 2. The molecule has 2 atom stereocenters. The molecule has 1 aromatic carbocycles. The van der Waals surface area contributed by atoms with Crippen LogP contribution >= 0.6 is 0 Å². The first-order valence-corrected chi connectivity index (χ1v) is 11.9. The summed E-state index contributed by atoms with van der Waals surface area (Å²) >= 11 is 0. The van der Waals surface area contributed by atoms with Crippen molar-refractivity contribution in [1.82, 2.24) is 0 Å².